The first-order valence-corrected chi connectivity index (χ1v) is 8.01. The first-order chi connectivity index (χ1) is 11.4. The van der Waals surface area contributed by atoms with E-state index in [9.17, 15) is 14.4 Å². The second kappa shape index (κ2) is 8.88. The minimum Gasteiger partial charge on any atom is -0.463 e. The average Bonchev–Trinajstić information content (AvgIpc) is 2.72. The van der Waals surface area contributed by atoms with Crippen molar-refractivity contribution in [2.24, 2.45) is 0 Å². The van der Waals surface area contributed by atoms with Gasteiger partial charge in [-0.3, -0.25) is 19.8 Å². The molecule has 1 rings (SSSR count). The molecule has 1 N–H and O–H groups in total. The van der Waals surface area contributed by atoms with E-state index in [1.54, 1.807) is 0 Å². The van der Waals surface area contributed by atoms with Gasteiger partial charge in [0.05, 0.1) is 0 Å². The molecule has 9 nitrogen and oxygen atoms in total. The summed E-state index contributed by atoms with van der Waals surface area (Å²) in [5.41, 5.74) is 0. The van der Waals surface area contributed by atoms with Crippen LogP contribution in [0.5, 0.6) is 0 Å². The number of hydrogen-bond donors (Lipinski definition) is 1. The summed E-state index contributed by atoms with van der Waals surface area (Å²) in [6, 6.07) is 0. The summed E-state index contributed by atoms with van der Waals surface area (Å²) in [5.74, 6) is -2.83. The summed E-state index contributed by atoms with van der Waals surface area (Å²) in [6.07, 6.45) is -4.87. The number of hydrogen-bond acceptors (Lipinski definition) is 9. The van der Waals surface area contributed by atoms with E-state index < -0.39 is 52.2 Å². The predicted octanol–water partition coefficient (Wildman–Crippen LogP) is 1.50. The minimum absolute atomic E-state index is 0.313. The zero-order chi connectivity index (χ0) is 19.4. The Labute approximate surface area is 158 Å². The molecule has 0 bridgehead atoms. The minimum atomic E-state index is -2.19. The van der Waals surface area contributed by atoms with Gasteiger partial charge in [-0.2, -0.15) is 0 Å². The van der Waals surface area contributed by atoms with Gasteiger partial charge in [0.15, 0.2) is 6.10 Å². The zero-order valence-electron chi connectivity index (χ0n) is 13.4. The van der Waals surface area contributed by atoms with Crippen molar-refractivity contribution in [3.05, 3.63) is 0 Å². The lowest BCUT2D eigenvalue weighted by atomic mass is 10.1. The summed E-state index contributed by atoms with van der Waals surface area (Å²) in [4.78, 5) is 33.7. The highest BCUT2D eigenvalue weighted by atomic mass is 35.6. The Morgan fingerprint density at radius 1 is 0.960 bits per heavy atom. The van der Waals surface area contributed by atoms with Crippen molar-refractivity contribution in [1.29, 1.82) is 5.41 Å². The van der Waals surface area contributed by atoms with E-state index in [0.717, 1.165) is 13.8 Å². The lowest BCUT2D eigenvalue weighted by Crippen LogP contribution is -2.42. The number of nitrogens with one attached hydrogen (secondary N) is 1. The van der Waals surface area contributed by atoms with Crippen LogP contribution < -0.4 is 0 Å². The largest absolute Gasteiger partial charge is 0.463 e. The Bertz CT molecular complexity index is 550. The van der Waals surface area contributed by atoms with Crippen molar-refractivity contribution in [3.8, 4) is 0 Å². The Hall–Kier alpha value is -1.29. The highest BCUT2D eigenvalue weighted by Crippen LogP contribution is 2.33. The predicted molar refractivity (Wildman–Crippen MR) is 85.5 cm³/mol. The van der Waals surface area contributed by atoms with Crippen LogP contribution in [-0.2, 0) is 38.1 Å². The van der Waals surface area contributed by atoms with E-state index in [1.807, 2.05) is 0 Å². The van der Waals surface area contributed by atoms with Crippen LogP contribution >= 0.6 is 34.8 Å². The molecular formula is C13H16Cl3NO8. The molecule has 0 radical (unpaired) electrons. The van der Waals surface area contributed by atoms with Crippen LogP contribution in [0, 0.1) is 5.41 Å². The number of rotatable bonds is 5. The van der Waals surface area contributed by atoms with Gasteiger partial charge in [0.25, 0.3) is 3.79 Å². The summed E-state index contributed by atoms with van der Waals surface area (Å²) in [7, 11) is 0. The molecule has 0 spiro atoms. The quantitative estimate of drug-likeness (QED) is 0.233. The third-order valence-corrected chi connectivity index (χ3v) is 3.33. The third kappa shape index (κ3) is 6.85. The molecule has 1 heterocycles. The van der Waals surface area contributed by atoms with E-state index in [0.29, 0.717) is 0 Å². The lowest BCUT2D eigenvalue weighted by Gasteiger charge is -2.24. The number of esters is 3. The fourth-order valence-corrected chi connectivity index (χ4v) is 2.09. The molecule has 4 atom stereocenters. The second-order valence-electron chi connectivity index (χ2n) is 4.94. The molecule has 0 aromatic heterocycles. The molecule has 0 saturated carbocycles. The van der Waals surface area contributed by atoms with Crippen molar-refractivity contribution >= 4 is 58.6 Å². The van der Waals surface area contributed by atoms with Gasteiger partial charge in [0.2, 0.25) is 18.3 Å². The van der Waals surface area contributed by atoms with Gasteiger partial charge < -0.3 is 23.7 Å². The normalized spacial score (nSPS) is 25.8. The van der Waals surface area contributed by atoms with E-state index in [2.05, 4.69) is 0 Å². The zero-order valence-corrected chi connectivity index (χ0v) is 15.7. The third-order valence-electron chi connectivity index (χ3n) is 2.81. The first-order valence-electron chi connectivity index (χ1n) is 6.87. The lowest BCUT2D eigenvalue weighted by molar-refractivity contribution is -0.172. The number of ether oxygens (including phenoxy) is 5. The van der Waals surface area contributed by atoms with Crippen molar-refractivity contribution < 1.29 is 38.1 Å². The topological polar surface area (TPSA) is 121 Å². The SMILES string of the molecule is CC(=O)OC[C@H]1O[C@@H](OC(=N)C(Cl)(Cl)Cl)[C@@H](OC(C)=O)C1OC(C)=O. The van der Waals surface area contributed by atoms with Gasteiger partial charge in [-0.25, -0.2) is 0 Å². The van der Waals surface area contributed by atoms with Crippen molar-refractivity contribution in [2.75, 3.05) is 6.61 Å². The molecule has 1 aliphatic heterocycles. The van der Waals surface area contributed by atoms with Crippen molar-refractivity contribution in [3.63, 3.8) is 0 Å². The number of halogens is 3. The molecule has 1 unspecified atom stereocenters. The fraction of sp³-hybridized carbons (Fsp3) is 0.692. The highest BCUT2D eigenvalue weighted by Gasteiger charge is 2.52. The summed E-state index contributed by atoms with van der Waals surface area (Å²) >= 11 is 16.6. The number of carbonyl (C=O) groups excluding carboxylic acids is 3. The first kappa shape index (κ1) is 21.8. The molecule has 0 aromatic rings. The molecule has 1 aliphatic rings. The molecule has 12 heteroatoms. The Morgan fingerprint density at radius 2 is 1.48 bits per heavy atom. The van der Waals surface area contributed by atoms with Gasteiger partial charge >= 0.3 is 17.9 Å². The van der Waals surface area contributed by atoms with Gasteiger partial charge in [0, 0.05) is 20.8 Å². The van der Waals surface area contributed by atoms with Crippen LogP contribution in [0.3, 0.4) is 0 Å². The summed E-state index contributed by atoms with van der Waals surface area (Å²) in [5, 5.41) is 7.59. The summed E-state index contributed by atoms with van der Waals surface area (Å²) < 4.78 is 23.3. The van der Waals surface area contributed by atoms with E-state index in [4.69, 9.17) is 63.9 Å². The van der Waals surface area contributed by atoms with E-state index >= 15 is 0 Å². The van der Waals surface area contributed by atoms with Gasteiger partial charge in [-0.05, 0) is 0 Å². The van der Waals surface area contributed by atoms with Crippen LogP contribution in [0.2, 0.25) is 0 Å². The smallest absolute Gasteiger partial charge is 0.303 e. The molecule has 0 aliphatic carbocycles. The molecule has 0 amide bonds. The van der Waals surface area contributed by atoms with Crippen LogP contribution in [0.1, 0.15) is 20.8 Å². The molecule has 1 saturated heterocycles. The average molecular weight is 421 g/mol. The summed E-state index contributed by atoms with van der Waals surface area (Å²) in [6.45, 7) is 3.10. The number of carbonyl (C=O) groups is 3. The van der Waals surface area contributed by atoms with Crippen LogP contribution in [0.25, 0.3) is 0 Å². The van der Waals surface area contributed by atoms with Crippen LogP contribution in [-0.4, -0.2) is 58.8 Å². The monoisotopic (exact) mass is 419 g/mol. The molecule has 25 heavy (non-hydrogen) atoms. The maximum Gasteiger partial charge on any atom is 0.303 e. The highest BCUT2D eigenvalue weighted by molar-refractivity contribution is 6.76. The fourth-order valence-electron chi connectivity index (χ4n) is 1.95. The molecule has 0 aromatic carbocycles. The van der Waals surface area contributed by atoms with E-state index in [-0.39, 0.29) is 6.61 Å². The van der Waals surface area contributed by atoms with Crippen molar-refractivity contribution in [1.82, 2.24) is 0 Å². The Kier molecular flexibility index (Phi) is 7.73. The van der Waals surface area contributed by atoms with Crippen LogP contribution in [0.4, 0.5) is 0 Å². The van der Waals surface area contributed by atoms with Gasteiger partial charge in [0.1, 0.15) is 12.7 Å². The maximum atomic E-state index is 11.3. The Morgan fingerprint density at radius 3 is 1.92 bits per heavy atom. The Balaban J connectivity index is 3.03. The molecular weight excluding hydrogens is 405 g/mol. The van der Waals surface area contributed by atoms with Crippen molar-refractivity contribution in [2.45, 2.75) is 49.2 Å². The van der Waals surface area contributed by atoms with E-state index in [1.165, 1.54) is 6.92 Å². The number of alkyl halides is 3. The van der Waals surface area contributed by atoms with Gasteiger partial charge in [-0.15, -0.1) is 0 Å². The molecule has 1 fully saturated rings. The maximum absolute atomic E-state index is 11.3. The molecule has 142 valence electrons. The van der Waals surface area contributed by atoms with Crippen LogP contribution in [0.15, 0.2) is 0 Å². The standard InChI is InChI=1S/C13H16Cl3NO8/c1-5(18)21-4-8-9(22-6(2)19)10(23-7(3)20)11(24-8)25-12(17)13(14,15)16/h8-11,17H,4H2,1-3H3/t8-,9?,10+,11+/m1/s1. The second-order valence-corrected chi connectivity index (χ2v) is 7.22. The van der Waals surface area contributed by atoms with Gasteiger partial charge in [-0.1, -0.05) is 34.8 Å².